The number of allylic oxidation sites excluding steroid dienone is 1. The lowest BCUT2D eigenvalue weighted by Crippen LogP contribution is -2.59. The molecule has 2 amide bonds. The number of benzene rings is 3. The van der Waals surface area contributed by atoms with Gasteiger partial charge in [-0.1, -0.05) is 48.0 Å². The van der Waals surface area contributed by atoms with Crippen molar-refractivity contribution >= 4 is 23.1 Å². The molecule has 0 aromatic heterocycles. The van der Waals surface area contributed by atoms with Gasteiger partial charge in [0, 0.05) is 25.3 Å². The predicted octanol–water partition coefficient (Wildman–Crippen LogP) is 5.21. The van der Waals surface area contributed by atoms with Crippen LogP contribution >= 0.6 is 0 Å². The van der Waals surface area contributed by atoms with Gasteiger partial charge >= 0.3 is 0 Å². The maximum atomic E-state index is 13.5. The van der Waals surface area contributed by atoms with Gasteiger partial charge in [0.1, 0.15) is 17.7 Å². The number of carbonyl (C=O) groups excluding carboxylic acids is 2. The van der Waals surface area contributed by atoms with Gasteiger partial charge in [0.05, 0.1) is 6.54 Å². The first-order valence-electron chi connectivity index (χ1n) is 14.0. The fourth-order valence-electron chi connectivity index (χ4n) is 5.52. The molecule has 0 spiro atoms. The number of carbonyl (C=O) groups is 2. The van der Waals surface area contributed by atoms with Crippen LogP contribution in [0, 0.1) is 32.4 Å². The average Bonchev–Trinajstić information content (AvgIpc) is 2.92. The van der Waals surface area contributed by atoms with Crippen LogP contribution < -0.4 is 11.1 Å². The monoisotopic (exact) mass is 560 g/mol. The summed E-state index contributed by atoms with van der Waals surface area (Å²) in [7, 11) is 0. The fraction of sp³-hybridized carbons (Fsp3) is 0.333. The molecule has 41 heavy (non-hydrogen) atoms. The predicted molar refractivity (Wildman–Crippen MR) is 159 cm³/mol. The van der Waals surface area contributed by atoms with Crippen LogP contribution in [-0.4, -0.2) is 60.4 Å². The van der Waals surface area contributed by atoms with E-state index in [1.807, 2.05) is 37.8 Å². The molecule has 3 aromatic rings. The van der Waals surface area contributed by atoms with Crippen LogP contribution in [0.25, 0.3) is 5.57 Å². The molecule has 1 saturated heterocycles. The quantitative estimate of drug-likeness (QED) is 0.334. The normalized spacial score (nSPS) is 15.9. The Morgan fingerprint density at radius 2 is 1.49 bits per heavy atom. The van der Waals surface area contributed by atoms with Gasteiger partial charge in [-0.05, 0) is 92.2 Å². The van der Waals surface area contributed by atoms with E-state index in [-0.39, 0.29) is 24.1 Å². The van der Waals surface area contributed by atoms with Crippen molar-refractivity contribution in [3.8, 4) is 0 Å². The SMILES string of the molecule is Cc1cc(C)c(NC(=O)CN2CCN(CCCC=C(c3ccc(F)cc3)c3ccc(F)cc3)C(C(N)=O)C2)c(C)c1. The topological polar surface area (TPSA) is 78.7 Å². The molecule has 0 bridgehead atoms. The standard InChI is InChI=1S/C33H38F2N4O2/c1-22-18-23(2)32(24(3)19-22)37-31(40)21-38-16-17-39(30(20-38)33(36)41)15-5-4-6-29(25-7-11-27(34)12-8-25)26-9-13-28(35)14-10-26/h6-14,18-19,30H,4-5,15-17,20-21H2,1-3H3,(H2,36,41)(H,37,40). The minimum absolute atomic E-state index is 0.115. The van der Waals surface area contributed by atoms with Crippen LogP contribution in [0.1, 0.15) is 40.7 Å². The molecule has 1 aliphatic heterocycles. The molecule has 0 radical (unpaired) electrons. The van der Waals surface area contributed by atoms with E-state index in [2.05, 4.69) is 16.3 Å². The minimum atomic E-state index is -0.489. The Balaban J connectivity index is 1.35. The number of anilines is 1. The van der Waals surface area contributed by atoms with Gasteiger partial charge in [-0.25, -0.2) is 8.78 Å². The van der Waals surface area contributed by atoms with Crippen LogP contribution in [-0.2, 0) is 9.59 Å². The number of piperazine rings is 1. The summed E-state index contributed by atoms with van der Waals surface area (Å²) in [6.45, 7) is 8.50. The highest BCUT2D eigenvalue weighted by Crippen LogP contribution is 2.26. The first-order valence-corrected chi connectivity index (χ1v) is 14.0. The van der Waals surface area contributed by atoms with Crippen molar-refractivity contribution in [2.75, 3.05) is 38.0 Å². The summed E-state index contributed by atoms with van der Waals surface area (Å²) in [5, 5.41) is 3.04. The highest BCUT2D eigenvalue weighted by molar-refractivity contribution is 5.94. The molecule has 4 rings (SSSR count). The van der Waals surface area contributed by atoms with Crippen LogP contribution in [0.2, 0.25) is 0 Å². The molecule has 0 saturated carbocycles. The minimum Gasteiger partial charge on any atom is -0.368 e. The Hall–Kier alpha value is -3.88. The van der Waals surface area contributed by atoms with E-state index in [4.69, 9.17) is 5.73 Å². The zero-order chi connectivity index (χ0) is 29.5. The van der Waals surface area contributed by atoms with Crippen molar-refractivity contribution < 1.29 is 18.4 Å². The number of nitrogens with zero attached hydrogens (tertiary/aromatic N) is 2. The van der Waals surface area contributed by atoms with Gasteiger partial charge in [-0.15, -0.1) is 0 Å². The molecule has 0 aliphatic carbocycles. The van der Waals surface area contributed by atoms with Gasteiger partial charge in [-0.2, -0.15) is 0 Å². The molecule has 8 heteroatoms. The molecule has 216 valence electrons. The van der Waals surface area contributed by atoms with E-state index in [0.29, 0.717) is 32.6 Å². The highest BCUT2D eigenvalue weighted by Gasteiger charge is 2.31. The number of unbranched alkanes of at least 4 members (excludes halogenated alkanes) is 1. The fourth-order valence-corrected chi connectivity index (χ4v) is 5.52. The number of halogens is 2. The van der Waals surface area contributed by atoms with E-state index in [9.17, 15) is 18.4 Å². The van der Waals surface area contributed by atoms with Crippen molar-refractivity contribution in [1.82, 2.24) is 9.80 Å². The summed E-state index contributed by atoms with van der Waals surface area (Å²) in [5.41, 5.74) is 12.4. The number of nitrogens with two attached hydrogens (primary N) is 1. The lowest BCUT2D eigenvalue weighted by molar-refractivity contribution is -0.127. The first kappa shape index (κ1) is 30.1. The van der Waals surface area contributed by atoms with Crippen molar-refractivity contribution in [2.24, 2.45) is 5.73 Å². The molecule has 1 heterocycles. The van der Waals surface area contributed by atoms with E-state index < -0.39 is 11.9 Å². The zero-order valence-corrected chi connectivity index (χ0v) is 23.9. The summed E-state index contributed by atoms with van der Waals surface area (Å²) >= 11 is 0. The maximum absolute atomic E-state index is 13.5. The Morgan fingerprint density at radius 1 is 0.927 bits per heavy atom. The second kappa shape index (κ2) is 13.7. The summed E-state index contributed by atoms with van der Waals surface area (Å²) in [4.78, 5) is 29.2. The number of hydrogen-bond acceptors (Lipinski definition) is 4. The lowest BCUT2D eigenvalue weighted by atomic mass is 9.96. The molecule has 1 fully saturated rings. The van der Waals surface area contributed by atoms with Gasteiger partial charge < -0.3 is 11.1 Å². The maximum Gasteiger partial charge on any atom is 0.238 e. The Bertz CT molecular complexity index is 1330. The smallest absolute Gasteiger partial charge is 0.238 e. The lowest BCUT2D eigenvalue weighted by Gasteiger charge is -2.39. The van der Waals surface area contributed by atoms with Gasteiger partial charge in [0.25, 0.3) is 0 Å². The van der Waals surface area contributed by atoms with Crippen molar-refractivity contribution in [1.29, 1.82) is 0 Å². The molecule has 3 N–H and O–H groups in total. The second-order valence-corrected chi connectivity index (χ2v) is 10.8. The largest absolute Gasteiger partial charge is 0.368 e. The molecule has 6 nitrogen and oxygen atoms in total. The highest BCUT2D eigenvalue weighted by atomic mass is 19.1. The van der Waals surface area contributed by atoms with Crippen LogP contribution in [0.15, 0.2) is 66.7 Å². The summed E-state index contributed by atoms with van der Waals surface area (Å²) in [6, 6.07) is 16.1. The third-order valence-corrected chi connectivity index (χ3v) is 7.52. The van der Waals surface area contributed by atoms with E-state index in [0.717, 1.165) is 45.5 Å². The number of nitrogens with one attached hydrogen (secondary N) is 1. The van der Waals surface area contributed by atoms with Gasteiger partial charge in [0.2, 0.25) is 11.8 Å². The van der Waals surface area contributed by atoms with Crippen molar-refractivity contribution in [3.05, 3.63) is 106 Å². The summed E-state index contributed by atoms with van der Waals surface area (Å²) in [6.07, 6.45) is 3.53. The summed E-state index contributed by atoms with van der Waals surface area (Å²) in [5.74, 6) is -1.16. The van der Waals surface area contributed by atoms with E-state index in [1.165, 1.54) is 24.3 Å². The van der Waals surface area contributed by atoms with Crippen LogP contribution in [0.5, 0.6) is 0 Å². The van der Waals surface area contributed by atoms with E-state index in [1.54, 1.807) is 24.3 Å². The number of aryl methyl sites for hydroxylation is 3. The number of primary amides is 1. The Labute approximate surface area is 240 Å². The molecule has 3 aromatic carbocycles. The van der Waals surface area contributed by atoms with Gasteiger partial charge in [-0.3, -0.25) is 19.4 Å². The van der Waals surface area contributed by atoms with E-state index >= 15 is 0 Å². The summed E-state index contributed by atoms with van der Waals surface area (Å²) < 4.78 is 27.0. The number of hydrogen-bond donors (Lipinski definition) is 2. The molecular formula is C33H38F2N4O2. The third-order valence-electron chi connectivity index (χ3n) is 7.52. The molecule has 1 atom stereocenters. The number of rotatable bonds is 10. The van der Waals surface area contributed by atoms with Gasteiger partial charge in [0.15, 0.2) is 0 Å². The molecule has 1 unspecified atom stereocenters. The number of amides is 2. The average molecular weight is 561 g/mol. The molecular weight excluding hydrogens is 522 g/mol. The van der Waals surface area contributed by atoms with Crippen molar-refractivity contribution in [3.63, 3.8) is 0 Å². The molecule has 1 aliphatic rings. The van der Waals surface area contributed by atoms with Crippen LogP contribution in [0.3, 0.4) is 0 Å². The van der Waals surface area contributed by atoms with Crippen LogP contribution in [0.4, 0.5) is 14.5 Å². The zero-order valence-electron chi connectivity index (χ0n) is 23.9. The van der Waals surface area contributed by atoms with Crippen molar-refractivity contribution in [2.45, 2.75) is 39.7 Å². The Kier molecular flexibility index (Phi) is 10.0. The Morgan fingerprint density at radius 3 is 2.02 bits per heavy atom. The third kappa shape index (κ3) is 8.08. The second-order valence-electron chi connectivity index (χ2n) is 10.8. The first-order chi connectivity index (χ1) is 19.6.